The van der Waals surface area contributed by atoms with E-state index in [1.165, 1.54) is 22.4 Å². The molecule has 1 aliphatic rings. The summed E-state index contributed by atoms with van der Waals surface area (Å²) in [5.74, 6) is 0.378. The molecule has 0 aromatic heterocycles. The van der Waals surface area contributed by atoms with E-state index in [2.05, 4.69) is 49.1 Å². The number of aryl methyl sites for hydroxylation is 2. The Hall–Kier alpha value is -1.96. The summed E-state index contributed by atoms with van der Waals surface area (Å²) in [5.41, 5.74) is 5.25. The van der Waals surface area contributed by atoms with Gasteiger partial charge in [0.2, 0.25) is 0 Å². The molecule has 0 spiro atoms. The summed E-state index contributed by atoms with van der Waals surface area (Å²) >= 11 is 0. The van der Waals surface area contributed by atoms with Crippen molar-refractivity contribution in [3.05, 3.63) is 59.2 Å². The molecule has 1 atom stereocenters. The van der Waals surface area contributed by atoms with Crippen molar-refractivity contribution < 1.29 is 5.11 Å². The number of phenols is 1. The number of rotatable bonds is 3. The first kappa shape index (κ1) is 13.0. The predicted octanol–water partition coefficient (Wildman–Crippen LogP) is 4.21. The van der Waals surface area contributed by atoms with E-state index in [0.717, 1.165) is 19.4 Å². The van der Waals surface area contributed by atoms with Gasteiger partial charge >= 0.3 is 0 Å². The zero-order valence-corrected chi connectivity index (χ0v) is 12.1. The number of hydrogen-bond acceptors (Lipinski definition) is 2. The molecule has 0 radical (unpaired) electrons. The van der Waals surface area contributed by atoms with Gasteiger partial charge in [0.15, 0.2) is 0 Å². The van der Waals surface area contributed by atoms with Crippen molar-refractivity contribution in [1.82, 2.24) is 0 Å². The quantitative estimate of drug-likeness (QED) is 0.900. The SMILES string of the molecule is CCN(c1cccc(C)c1)C1CCc2cc(O)ccc21. The first-order chi connectivity index (χ1) is 9.69. The lowest BCUT2D eigenvalue weighted by Crippen LogP contribution is -2.26. The van der Waals surface area contributed by atoms with Gasteiger partial charge in [0.1, 0.15) is 5.75 Å². The van der Waals surface area contributed by atoms with Crippen LogP contribution in [0.2, 0.25) is 0 Å². The molecular weight excluding hydrogens is 246 g/mol. The number of aromatic hydroxyl groups is 1. The fourth-order valence-electron chi connectivity index (χ4n) is 3.29. The minimum absolute atomic E-state index is 0.378. The third-order valence-electron chi connectivity index (χ3n) is 4.22. The summed E-state index contributed by atoms with van der Waals surface area (Å²) in [5, 5.41) is 9.62. The Kier molecular flexibility index (Phi) is 3.39. The van der Waals surface area contributed by atoms with Crippen LogP contribution in [0.3, 0.4) is 0 Å². The Bertz CT molecular complexity index is 621. The number of hydrogen-bond donors (Lipinski definition) is 1. The van der Waals surface area contributed by atoms with Gasteiger partial charge in [-0.2, -0.15) is 0 Å². The van der Waals surface area contributed by atoms with Gasteiger partial charge in [0, 0.05) is 12.2 Å². The average molecular weight is 267 g/mol. The largest absolute Gasteiger partial charge is 0.508 e. The molecule has 0 bridgehead atoms. The highest BCUT2D eigenvalue weighted by molar-refractivity contribution is 5.53. The molecule has 104 valence electrons. The first-order valence-corrected chi connectivity index (χ1v) is 7.34. The smallest absolute Gasteiger partial charge is 0.115 e. The van der Waals surface area contributed by atoms with E-state index in [-0.39, 0.29) is 0 Å². The molecule has 3 rings (SSSR count). The van der Waals surface area contributed by atoms with Gasteiger partial charge in [-0.3, -0.25) is 0 Å². The molecule has 2 nitrogen and oxygen atoms in total. The normalized spacial score (nSPS) is 17.0. The Balaban J connectivity index is 1.96. The lowest BCUT2D eigenvalue weighted by Gasteiger charge is -2.31. The molecular formula is C18H21NO. The molecule has 20 heavy (non-hydrogen) atoms. The standard InChI is InChI=1S/C18H21NO/c1-3-19(15-6-4-5-13(2)11-15)18-10-7-14-12-16(20)8-9-17(14)18/h4-6,8-9,11-12,18,20H,3,7,10H2,1-2H3. The van der Waals surface area contributed by atoms with Crippen molar-refractivity contribution in [2.24, 2.45) is 0 Å². The third kappa shape index (κ3) is 2.26. The van der Waals surface area contributed by atoms with E-state index < -0.39 is 0 Å². The molecule has 1 aliphatic carbocycles. The Morgan fingerprint density at radius 3 is 2.80 bits per heavy atom. The summed E-state index contributed by atoms with van der Waals surface area (Å²) in [7, 11) is 0. The van der Waals surface area contributed by atoms with Gasteiger partial charge in [-0.25, -0.2) is 0 Å². The maximum atomic E-state index is 9.62. The van der Waals surface area contributed by atoms with E-state index in [9.17, 15) is 5.11 Å². The van der Waals surface area contributed by atoms with Crippen molar-refractivity contribution in [1.29, 1.82) is 0 Å². The van der Waals surface area contributed by atoms with Crippen molar-refractivity contribution in [3.8, 4) is 5.75 Å². The van der Waals surface area contributed by atoms with Crippen molar-refractivity contribution in [3.63, 3.8) is 0 Å². The number of anilines is 1. The van der Waals surface area contributed by atoms with Crippen LogP contribution in [0.15, 0.2) is 42.5 Å². The maximum Gasteiger partial charge on any atom is 0.115 e. The summed E-state index contributed by atoms with van der Waals surface area (Å²) in [6, 6.07) is 14.9. The zero-order valence-electron chi connectivity index (χ0n) is 12.1. The summed E-state index contributed by atoms with van der Waals surface area (Å²) in [6.07, 6.45) is 2.18. The Labute approximate surface area is 120 Å². The van der Waals surface area contributed by atoms with Crippen LogP contribution < -0.4 is 4.90 Å². The molecule has 2 aromatic carbocycles. The van der Waals surface area contributed by atoms with E-state index in [1.54, 1.807) is 6.07 Å². The van der Waals surface area contributed by atoms with Gasteiger partial charge in [0.05, 0.1) is 6.04 Å². The number of fused-ring (bicyclic) bond motifs is 1. The third-order valence-corrected chi connectivity index (χ3v) is 4.22. The molecule has 1 unspecified atom stereocenters. The molecule has 2 aromatic rings. The first-order valence-electron chi connectivity index (χ1n) is 7.34. The maximum absolute atomic E-state index is 9.62. The Morgan fingerprint density at radius 1 is 1.20 bits per heavy atom. The fraction of sp³-hybridized carbons (Fsp3) is 0.333. The molecule has 2 heteroatoms. The average Bonchev–Trinajstić information content (AvgIpc) is 2.83. The fourth-order valence-corrected chi connectivity index (χ4v) is 3.29. The van der Waals surface area contributed by atoms with Crippen LogP contribution >= 0.6 is 0 Å². The molecule has 0 fully saturated rings. The minimum Gasteiger partial charge on any atom is -0.508 e. The van der Waals surface area contributed by atoms with Crippen LogP contribution in [-0.4, -0.2) is 11.7 Å². The summed E-state index contributed by atoms with van der Waals surface area (Å²) in [6.45, 7) is 5.34. The van der Waals surface area contributed by atoms with Crippen LogP contribution in [0, 0.1) is 6.92 Å². The monoisotopic (exact) mass is 267 g/mol. The van der Waals surface area contributed by atoms with Gasteiger partial charge in [0.25, 0.3) is 0 Å². The summed E-state index contributed by atoms with van der Waals surface area (Å²) < 4.78 is 0. The highest BCUT2D eigenvalue weighted by Crippen LogP contribution is 2.39. The minimum atomic E-state index is 0.378. The van der Waals surface area contributed by atoms with E-state index in [0.29, 0.717) is 11.8 Å². The highest BCUT2D eigenvalue weighted by Gasteiger charge is 2.27. The second-order valence-corrected chi connectivity index (χ2v) is 5.56. The van der Waals surface area contributed by atoms with Gasteiger partial charge < -0.3 is 10.0 Å². The van der Waals surface area contributed by atoms with E-state index >= 15 is 0 Å². The topological polar surface area (TPSA) is 23.5 Å². The zero-order chi connectivity index (χ0) is 14.1. The number of nitrogens with zero attached hydrogens (tertiary/aromatic N) is 1. The van der Waals surface area contributed by atoms with Crippen LogP contribution in [0.1, 0.15) is 36.1 Å². The van der Waals surface area contributed by atoms with Crippen molar-refractivity contribution >= 4 is 5.69 Å². The predicted molar refractivity (Wildman–Crippen MR) is 83.4 cm³/mol. The van der Waals surface area contributed by atoms with Crippen LogP contribution in [0.4, 0.5) is 5.69 Å². The van der Waals surface area contributed by atoms with Gasteiger partial charge in [-0.05, 0) is 67.6 Å². The van der Waals surface area contributed by atoms with Crippen LogP contribution in [-0.2, 0) is 6.42 Å². The summed E-state index contributed by atoms with van der Waals surface area (Å²) in [4.78, 5) is 2.47. The van der Waals surface area contributed by atoms with Crippen LogP contribution in [0.5, 0.6) is 5.75 Å². The molecule has 0 saturated heterocycles. The molecule has 0 saturated carbocycles. The van der Waals surface area contributed by atoms with E-state index in [1.807, 2.05) is 6.07 Å². The highest BCUT2D eigenvalue weighted by atomic mass is 16.3. The second-order valence-electron chi connectivity index (χ2n) is 5.56. The second kappa shape index (κ2) is 5.20. The lowest BCUT2D eigenvalue weighted by atomic mass is 10.1. The van der Waals surface area contributed by atoms with Gasteiger partial charge in [-0.1, -0.05) is 18.2 Å². The lowest BCUT2D eigenvalue weighted by molar-refractivity contribution is 0.474. The molecule has 1 N–H and O–H groups in total. The van der Waals surface area contributed by atoms with Crippen molar-refractivity contribution in [2.45, 2.75) is 32.7 Å². The van der Waals surface area contributed by atoms with Gasteiger partial charge in [-0.15, -0.1) is 0 Å². The molecule has 0 heterocycles. The molecule has 0 aliphatic heterocycles. The van der Waals surface area contributed by atoms with Crippen molar-refractivity contribution in [2.75, 3.05) is 11.4 Å². The Morgan fingerprint density at radius 2 is 2.05 bits per heavy atom. The van der Waals surface area contributed by atoms with E-state index in [4.69, 9.17) is 0 Å². The molecule has 0 amide bonds. The number of benzene rings is 2. The number of phenolic OH excluding ortho intramolecular Hbond substituents is 1. The van der Waals surface area contributed by atoms with Crippen LogP contribution in [0.25, 0.3) is 0 Å².